The summed E-state index contributed by atoms with van der Waals surface area (Å²) >= 11 is 1.63. The van der Waals surface area contributed by atoms with E-state index in [1.807, 2.05) is 11.6 Å². The highest BCUT2D eigenvalue weighted by molar-refractivity contribution is 7.09. The largest absolute Gasteiger partial charge is 0.356 e. The summed E-state index contributed by atoms with van der Waals surface area (Å²) in [6, 6.07) is 9.03. The molecule has 3 heterocycles. The molecule has 4 rings (SSSR count). The number of likely N-dealkylation sites (tertiary alicyclic amines) is 1. The van der Waals surface area contributed by atoms with Crippen LogP contribution < -0.4 is 5.32 Å². The van der Waals surface area contributed by atoms with E-state index in [-0.39, 0.29) is 12.5 Å². The van der Waals surface area contributed by atoms with Crippen LogP contribution in [0.15, 0.2) is 35.8 Å². The van der Waals surface area contributed by atoms with Gasteiger partial charge in [-0.05, 0) is 48.9 Å². The molecule has 6 heteroatoms. The van der Waals surface area contributed by atoms with Crippen molar-refractivity contribution < 1.29 is 9.53 Å². The van der Waals surface area contributed by atoms with E-state index in [9.17, 15) is 4.79 Å². The molecule has 5 nitrogen and oxygen atoms in total. The lowest BCUT2D eigenvalue weighted by atomic mass is 9.79. The molecule has 2 fully saturated rings. The van der Waals surface area contributed by atoms with Gasteiger partial charge in [0.1, 0.15) is 17.2 Å². The molecule has 1 unspecified atom stereocenters. The first-order valence-corrected chi connectivity index (χ1v) is 11.1. The Hall–Kier alpha value is -1.76. The summed E-state index contributed by atoms with van der Waals surface area (Å²) in [6.45, 7) is 8.19. The van der Waals surface area contributed by atoms with E-state index in [1.54, 1.807) is 11.3 Å². The van der Waals surface area contributed by atoms with Gasteiger partial charge in [-0.25, -0.2) is 4.98 Å². The highest BCUT2D eigenvalue weighted by Gasteiger charge is 2.47. The van der Waals surface area contributed by atoms with Crippen molar-refractivity contribution in [3.8, 4) is 0 Å². The van der Waals surface area contributed by atoms with Crippen LogP contribution in [0, 0.1) is 5.92 Å². The molecule has 28 heavy (non-hydrogen) atoms. The Morgan fingerprint density at radius 2 is 2.04 bits per heavy atom. The van der Waals surface area contributed by atoms with E-state index in [4.69, 9.17) is 4.74 Å². The fourth-order valence-corrected chi connectivity index (χ4v) is 5.23. The van der Waals surface area contributed by atoms with Crippen molar-refractivity contribution in [2.75, 3.05) is 26.2 Å². The summed E-state index contributed by atoms with van der Waals surface area (Å²) in [5.74, 6) is 0.913. The first-order valence-electron chi connectivity index (χ1n) is 10.2. The molecule has 1 aromatic carbocycles. The highest BCUT2D eigenvalue weighted by Crippen LogP contribution is 2.41. The van der Waals surface area contributed by atoms with Crippen molar-refractivity contribution in [3.63, 3.8) is 0 Å². The van der Waals surface area contributed by atoms with Crippen LogP contribution in [0.5, 0.6) is 0 Å². The van der Waals surface area contributed by atoms with Gasteiger partial charge in [-0.15, -0.1) is 11.3 Å². The topological polar surface area (TPSA) is 54.5 Å². The second-order valence-corrected chi connectivity index (χ2v) is 9.13. The molecule has 2 aliphatic rings. The standard InChI is InChI=1S/C22H29N3O2S/c1-16(2)18-5-3-17(4-6-18)13-25-10-7-19(8-11-25)22(21-23-9-12-28-21)15-24-20(26)14-27-22/h3-6,9,12,16,19H,7-8,10-11,13-15H2,1-2H3,(H,24,26). The average molecular weight is 400 g/mol. The molecule has 1 amide bonds. The SMILES string of the molecule is CC(C)c1ccc(CN2CCC(C3(c4nccs4)CNC(=O)CO3)CC2)cc1. The second kappa shape index (κ2) is 8.31. The van der Waals surface area contributed by atoms with Crippen molar-refractivity contribution in [2.24, 2.45) is 5.92 Å². The minimum absolute atomic E-state index is 0.0329. The molecular weight excluding hydrogens is 370 g/mol. The van der Waals surface area contributed by atoms with Gasteiger partial charge in [-0.1, -0.05) is 38.1 Å². The third-order valence-electron chi connectivity index (χ3n) is 6.10. The molecule has 0 aliphatic carbocycles. The summed E-state index contributed by atoms with van der Waals surface area (Å²) < 4.78 is 6.17. The summed E-state index contributed by atoms with van der Waals surface area (Å²) in [5.41, 5.74) is 2.30. The van der Waals surface area contributed by atoms with Gasteiger partial charge in [-0.2, -0.15) is 0 Å². The number of amides is 1. The normalized spacial score (nSPS) is 24.5. The Balaban J connectivity index is 1.40. The average Bonchev–Trinajstić information content (AvgIpc) is 3.25. The van der Waals surface area contributed by atoms with Crippen molar-refractivity contribution in [2.45, 2.75) is 44.8 Å². The zero-order chi connectivity index (χ0) is 19.6. The van der Waals surface area contributed by atoms with Gasteiger partial charge in [0.25, 0.3) is 0 Å². The number of aromatic nitrogens is 1. The van der Waals surface area contributed by atoms with Crippen LogP contribution in [0.2, 0.25) is 0 Å². The first kappa shape index (κ1) is 19.6. The first-order chi connectivity index (χ1) is 13.6. The van der Waals surface area contributed by atoms with Gasteiger partial charge >= 0.3 is 0 Å². The number of thiazole rings is 1. The molecule has 2 aliphatic heterocycles. The maximum Gasteiger partial charge on any atom is 0.246 e. The lowest BCUT2D eigenvalue weighted by Gasteiger charge is -2.45. The lowest BCUT2D eigenvalue weighted by Crippen LogP contribution is -2.56. The number of nitrogens with one attached hydrogen (secondary N) is 1. The molecule has 150 valence electrons. The van der Waals surface area contributed by atoms with Gasteiger partial charge in [0.05, 0.1) is 6.54 Å². The third-order valence-corrected chi connectivity index (χ3v) is 7.03. The zero-order valence-corrected chi connectivity index (χ0v) is 17.5. The fourth-order valence-electron chi connectivity index (χ4n) is 4.36. The molecule has 1 N–H and O–H groups in total. The van der Waals surface area contributed by atoms with Gasteiger partial charge in [0, 0.05) is 18.1 Å². The quantitative estimate of drug-likeness (QED) is 0.836. The number of hydrogen-bond acceptors (Lipinski definition) is 5. The predicted octanol–water partition coefficient (Wildman–Crippen LogP) is 3.52. The van der Waals surface area contributed by atoms with E-state index in [0.29, 0.717) is 18.4 Å². The Bertz CT molecular complexity index is 771. The molecule has 0 bridgehead atoms. The minimum atomic E-state index is -0.465. The van der Waals surface area contributed by atoms with E-state index in [0.717, 1.165) is 37.5 Å². The van der Waals surface area contributed by atoms with Crippen molar-refractivity contribution in [3.05, 3.63) is 52.0 Å². The van der Waals surface area contributed by atoms with Crippen LogP contribution in [-0.4, -0.2) is 42.0 Å². The van der Waals surface area contributed by atoms with E-state index >= 15 is 0 Å². The number of benzene rings is 1. The van der Waals surface area contributed by atoms with Crippen LogP contribution in [0.3, 0.4) is 0 Å². The Kier molecular flexibility index (Phi) is 5.80. The Labute approximate surface area is 171 Å². The summed E-state index contributed by atoms with van der Waals surface area (Å²) in [5, 5.41) is 6.00. The van der Waals surface area contributed by atoms with E-state index in [1.165, 1.54) is 11.1 Å². The van der Waals surface area contributed by atoms with Crippen LogP contribution in [0.25, 0.3) is 0 Å². The summed E-state index contributed by atoms with van der Waals surface area (Å²) in [7, 11) is 0. The molecule has 2 aromatic rings. The number of rotatable bonds is 5. The number of morpholine rings is 1. The van der Waals surface area contributed by atoms with Crippen LogP contribution in [0.1, 0.15) is 48.7 Å². The smallest absolute Gasteiger partial charge is 0.246 e. The zero-order valence-electron chi connectivity index (χ0n) is 16.7. The lowest BCUT2D eigenvalue weighted by molar-refractivity contribution is -0.158. The van der Waals surface area contributed by atoms with E-state index < -0.39 is 5.60 Å². The predicted molar refractivity (Wildman–Crippen MR) is 111 cm³/mol. The Morgan fingerprint density at radius 3 is 2.61 bits per heavy atom. The van der Waals surface area contributed by atoms with Crippen LogP contribution in [-0.2, 0) is 21.7 Å². The van der Waals surface area contributed by atoms with Crippen molar-refractivity contribution in [1.29, 1.82) is 0 Å². The molecule has 2 saturated heterocycles. The second-order valence-electron chi connectivity index (χ2n) is 8.24. The summed E-state index contributed by atoms with van der Waals surface area (Å²) in [6.07, 6.45) is 3.94. The van der Waals surface area contributed by atoms with Gasteiger partial charge in [-0.3, -0.25) is 9.69 Å². The maximum atomic E-state index is 11.7. The summed E-state index contributed by atoms with van der Waals surface area (Å²) in [4.78, 5) is 18.7. The van der Waals surface area contributed by atoms with Gasteiger partial charge in [0.2, 0.25) is 5.91 Å². The third kappa shape index (κ3) is 4.00. The number of carbonyl (C=O) groups excluding carboxylic acids is 1. The van der Waals surface area contributed by atoms with Crippen LogP contribution >= 0.6 is 11.3 Å². The number of hydrogen-bond donors (Lipinski definition) is 1. The van der Waals surface area contributed by atoms with Crippen molar-refractivity contribution >= 4 is 17.2 Å². The van der Waals surface area contributed by atoms with Crippen LogP contribution in [0.4, 0.5) is 0 Å². The van der Waals surface area contributed by atoms with Gasteiger partial charge < -0.3 is 10.1 Å². The molecule has 1 aromatic heterocycles. The van der Waals surface area contributed by atoms with E-state index in [2.05, 4.69) is 53.3 Å². The van der Waals surface area contributed by atoms with Crippen molar-refractivity contribution in [1.82, 2.24) is 15.2 Å². The minimum Gasteiger partial charge on any atom is -0.356 e. The number of carbonyl (C=O) groups is 1. The molecule has 1 atom stereocenters. The molecule has 0 radical (unpaired) electrons. The molecular formula is C22H29N3O2S. The number of nitrogens with zero attached hydrogens (tertiary/aromatic N) is 2. The fraction of sp³-hybridized carbons (Fsp3) is 0.545. The number of ether oxygens (including phenoxy) is 1. The molecule has 0 spiro atoms. The highest BCUT2D eigenvalue weighted by atomic mass is 32.1. The monoisotopic (exact) mass is 399 g/mol. The van der Waals surface area contributed by atoms with Gasteiger partial charge in [0.15, 0.2) is 0 Å². The number of piperidine rings is 1. The Morgan fingerprint density at radius 1 is 1.29 bits per heavy atom. The molecule has 0 saturated carbocycles. The maximum absolute atomic E-state index is 11.7.